The minimum absolute atomic E-state index is 0.119. The number of rotatable bonds is 10. The van der Waals surface area contributed by atoms with E-state index in [1.54, 1.807) is 24.3 Å². The highest BCUT2D eigenvalue weighted by molar-refractivity contribution is 5.90. The summed E-state index contributed by atoms with van der Waals surface area (Å²) in [5.41, 5.74) is 2.19. The molecule has 1 atom stereocenters. The third-order valence-corrected chi connectivity index (χ3v) is 6.16. The van der Waals surface area contributed by atoms with Crippen molar-refractivity contribution in [3.05, 3.63) is 95.6 Å². The Morgan fingerprint density at radius 1 is 0.895 bits per heavy atom. The zero-order chi connectivity index (χ0) is 27.0. The summed E-state index contributed by atoms with van der Waals surface area (Å²) in [6, 6.07) is 21.6. The normalized spacial score (nSPS) is 14.8. The van der Waals surface area contributed by atoms with Crippen molar-refractivity contribution in [3.8, 4) is 5.75 Å². The molecule has 1 amide bonds. The monoisotopic (exact) mass is 520 g/mol. The van der Waals surface area contributed by atoms with Gasteiger partial charge in [-0.05, 0) is 60.4 Å². The van der Waals surface area contributed by atoms with Crippen molar-refractivity contribution >= 4 is 23.5 Å². The van der Waals surface area contributed by atoms with Gasteiger partial charge in [-0.2, -0.15) is 4.39 Å². The number of alkyl halides is 1. The number of nitrogens with one attached hydrogen (secondary N) is 1. The summed E-state index contributed by atoms with van der Waals surface area (Å²) in [5.74, 6) is -3.82. The van der Waals surface area contributed by atoms with Gasteiger partial charge in [-0.15, -0.1) is 0 Å². The van der Waals surface area contributed by atoms with Gasteiger partial charge in [0, 0.05) is 25.2 Å². The Morgan fingerprint density at radius 2 is 1.55 bits per heavy atom. The molecule has 1 fully saturated rings. The molecule has 0 radical (unpaired) electrons. The molecule has 0 aliphatic carbocycles. The third kappa shape index (κ3) is 6.74. The molecule has 0 spiro atoms. The van der Waals surface area contributed by atoms with Gasteiger partial charge < -0.3 is 14.2 Å². The maximum atomic E-state index is 16.3. The summed E-state index contributed by atoms with van der Waals surface area (Å²) in [7, 11) is 1.27. The lowest BCUT2D eigenvalue weighted by molar-refractivity contribution is -0.191. The second kappa shape index (κ2) is 12.3. The van der Waals surface area contributed by atoms with E-state index < -0.39 is 23.8 Å². The van der Waals surface area contributed by atoms with Crippen LogP contribution >= 0.6 is 0 Å². The SMILES string of the molecule is COC(=O)c1ccc(OC(F)(C(=O)Cc2ccc(NC(=O)OCc3ccccc3)cc2)N2CCCC2)cc1. The predicted octanol–water partition coefficient (Wildman–Crippen LogP) is 5.13. The van der Waals surface area contributed by atoms with E-state index in [1.807, 2.05) is 30.3 Å². The fourth-order valence-corrected chi connectivity index (χ4v) is 4.11. The largest absolute Gasteiger partial charge is 0.465 e. The zero-order valence-electron chi connectivity index (χ0n) is 21.0. The number of nitrogens with zero attached hydrogens (tertiary/aromatic N) is 1. The van der Waals surface area contributed by atoms with Crippen molar-refractivity contribution < 1.29 is 33.0 Å². The summed E-state index contributed by atoms with van der Waals surface area (Å²) < 4.78 is 31.8. The number of likely N-dealkylation sites (tertiary alicyclic amines) is 1. The lowest BCUT2D eigenvalue weighted by Crippen LogP contribution is -2.55. The van der Waals surface area contributed by atoms with Crippen molar-refractivity contribution in [3.63, 3.8) is 0 Å². The van der Waals surface area contributed by atoms with Crippen LogP contribution in [0.4, 0.5) is 14.9 Å². The minimum Gasteiger partial charge on any atom is -0.465 e. The molecule has 198 valence electrons. The molecule has 0 aromatic heterocycles. The molecule has 0 bridgehead atoms. The molecular formula is C29H29FN2O6. The molecule has 1 saturated heterocycles. The Labute approximate surface area is 220 Å². The molecule has 4 rings (SSSR count). The van der Waals surface area contributed by atoms with Gasteiger partial charge in [-0.3, -0.25) is 10.1 Å². The maximum absolute atomic E-state index is 16.3. The highest BCUT2D eigenvalue weighted by Gasteiger charge is 2.48. The fourth-order valence-electron chi connectivity index (χ4n) is 4.11. The van der Waals surface area contributed by atoms with Crippen LogP contribution in [0, 0.1) is 0 Å². The molecule has 1 aliphatic rings. The van der Waals surface area contributed by atoms with Crippen LogP contribution in [0.5, 0.6) is 5.75 Å². The highest BCUT2D eigenvalue weighted by Crippen LogP contribution is 2.30. The number of ketones is 1. The molecule has 3 aromatic rings. The number of carbonyl (C=O) groups excluding carboxylic acids is 3. The maximum Gasteiger partial charge on any atom is 0.411 e. The summed E-state index contributed by atoms with van der Waals surface area (Å²) in [6.07, 6.45) is 0.682. The van der Waals surface area contributed by atoms with Crippen LogP contribution in [-0.2, 0) is 27.3 Å². The molecule has 38 heavy (non-hydrogen) atoms. The first-order valence-corrected chi connectivity index (χ1v) is 12.3. The van der Waals surface area contributed by atoms with Crippen LogP contribution in [0.25, 0.3) is 0 Å². The third-order valence-electron chi connectivity index (χ3n) is 6.16. The van der Waals surface area contributed by atoms with E-state index in [0.717, 1.165) is 18.4 Å². The summed E-state index contributed by atoms with van der Waals surface area (Å²) in [4.78, 5) is 38.4. The van der Waals surface area contributed by atoms with E-state index in [4.69, 9.17) is 9.47 Å². The van der Waals surface area contributed by atoms with Crippen LogP contribution in [-0.4, -0.2) is 48.9 Å². The van der Waals surface area contributed by atoms with Crippen molar-refractivity contribution in [2.45, 2.75) is 31.8 Å². The quantitative estimate of drug-likeness (QED) is 0.293. The number of methoxy groups -OCH3 is 1. The lowest BCUT2D eigenvalue weighted by Gasteiger charge is -2.33. The van der Waals surface area contributed by atoms with Crippen LogP contribution in [0.15, 0.2) is 78.9 Å². The molecule has 1 aliphatic heterocycles. The average Bonchev–Trinajstić information content (AvgIpc) is 3.49. The number of carbonyl (C=O) groups is 3. The van der Waals surface area contributed by atoms with E-state index >= 15 is 4.39 Å². The Hall–Kier alpha value is -4.24. The molecule has 9 heteroatoms. The van der Waals surface area contributed by atoms with Crippen LogP contribution in [0.3, 0.4) is 0 Å². The first-order valence-electron chi connectivity index (χ1n) is 12.3. The van der Waals surface area contributed by atoms with Gasteiger partial charge in [0.15, 0.2) is 0 Å². The molecular weight excluding hydrogens is 491 g/mol. The molecule has 0 saturated carbocycles. The second-order valence-corrected chi connectivity index (χ2v) is 8.86. The number of esters is 1. The van der Waals surface area contributed by atoms with E-state index in [0.29, 0.717) is 24.3 Å². The predicted molar refractivity (Wildman–Crippen MR) is 138 cm³/mol. The number of benzene rings is 3. The smallest absolute Gasteiger partial charge is 0.411 e. The minimum atomic E-state index is -2.67. The lowest BCUT2D eigenvalue weighted by atomic mass is 10.1. The topological polar surface area (TPSA) is 94.2 Å². The van der Waals surface area contributed by atoms with Gasteiger partial charge in [0.2, 0.25) is 5.78 Å². The number of anilines is 1. The molecule has 1 N–H and O–H groups in total. The molecule has 8 nitrogen and oxygen atoms in total. The Bertz CT molecular complexity index is 1240. The van der Waals surface area contributed by atoms with Crippen molar-refractivity contribution in [1.82, 2.24) is 4.90 Å². The van der Waals surface area contributed by atoms with Gasteiger partial charge in [-0.1, -0.05) is 42.5 Å². The number of halogens is 1. The molecule has 1 heterocycles. The van der Waals surface area contributed by atoms with Gasteiger partial charge in [0.25, 0.3) is 0 Å². The zero-order valence-corrected chi connectivity index (χ0v) is 21.0. The molecule has 1 unspecified atom stereocenters. The van der Waals surface area contributed by atoms with E-state index in [1.165, 1.54) is 36.3 Å². The van der Waals surface area contributed by atoms with Crippen LogP contribution < -0.4 is 10.1 Å². The standard InChI is InChI=1S/C29H29FN2O6/c1-36-27(34)23-11-15-25(16-12-23)38-29(30,32-17-5-6-18-32)26(33)19-21-9-13-24(14-10-21)31-28(35)37-20-22-7-3-2-4-8-22/h2-4,7-16H,5-6,17-20H2,1H3,(H,31,35). The number of hydrogen-bond acceptors (Lipinski definition) is 7. The number of Topliss-reactive ketones (excluding diaryl/α,β-unsaturated/α-hetero) is 1. The van der Waals surface area contributed by atoms with Gasteiger partial charge >= 0.3 is 18.0 Å². The Morgan fingerprint density at radius 3 is 2.18 bits per heavy atom. The Kier molecular flexibility index (Phi) is 8.70. The summed E-state index contributed by atoms with van der Waals surface area (Å²) >= 11 is 0. The number of ether oxygens (including phenoxy) is 3. The van der Waals surface area contributed by atoms with Crippen molar-refractivity contribution in [2.75, 3.05) is 25.5 Å². The van der Waals surface area contributed by atoms with Crippen LogP contribution in [0.2, 0.25) is 0 Å². The van der Waals surface area contributed by atoms with E-state index in [2.05, 4.69) is 10.1 Å². The van der Waals surface area contributed by atoms with Gasteiger partial charge in [-0.25, -0.2) is 14.5 Å². The van der Waals surface area contributed by atoms with E-state index in [-0.39, 0.29) is 24.3 Å². The first-order chi connectivity index (χ1) is 18.4. The first kappa shape index (κ1) is 26.8. The summed E-state index contributed by atoms with van der Waals surface area (Å²) in [6.45, 7) is 0.909. The van der Waals surface area contributed by atoms with Crippen molar-refractivity contribution in [1.29, 1.82) is 0 Å². The Balaban J connectivity index is 1.39. The number of amides is 1. The summed E-state index contributed by atoms with van der Waals surface area (Å²) in [5, 5.41) is 2.63. The van der Waals surface area contributed by atoms with Gasteiger partial charge in [0.1, 0.15) is 12.4 Å². The second-order valence-electron chi connectivity index (χ2n) is 8.86. The van der Waals surface area contributed by atoms with Crippen LogP contribution in [0.1, 0.15) is 34.3 Å². The number of hydrogen-bond donors (Lipinski definition) is 1. The highest BCUT2D eigenvalue weighted by atomic mass is 19.2. The van der Waals surface area contributed by atoms with Crippen molar-refractivity contribution in [2.24, 2.45) is 0 Å². The van der Waals surface area contributed by atoms with Gasteiger partial charge in [0.05, 0.1) is 12.7 Å². The fraction of sp³-hybridized carbons (Fsp3) is 0.276. The molecule has 3 aromatic carbocycles. The average molecular weight is 521 g/mol. The van der Waals surface area contributed by atoms with E-state index in [9.17, 15) is 14.4 Å².